The highest BCUT2D eigenvalue weighted by molar-refractivity contribution is 6.00. The molecule has 0 radical (unpaired) electrons. The lowest BCUT2D eigenvalue weighted by Crippen LogP contribution is -2.55. The van der Waals surface area contributed by atoms with Crippen LogP contribution in [0.3, 0.4) is 0 Å². The van der Waals surface area contributed by atoms with Crippen LogP contribution in [-0.4, -0.2) is 36.6 Å². The van der Waals surface area contributed by atoms with Gasteiger partial charge in [0.15, 0.2) is 5.84 Å². The lowest BCUT2D eigenvalue weighted by molar-refractivity contribution is 0.0922. The van der Waals surface area contributed by atoms with Crippen molar-refractivity contribution < 1.29 is 10.0 Å². The molecule has 0 heterocycles. The first-order valence-electron chi connectivity index (χ1n) is 7.06. The molecule has 0 saturated heterocycles. The fourth-order valence-corrected chi connectivity index (χ4v) is 2.73. The van der Waals surface area contributed by atoms with E-state index in [1.54, 1.807) is 6.07 Å². The summed E-state index contributed by atoms with van der Waals surface area (Å²) in [6.45, 7) is 0. The van der Waals surface area contributed by atoms with Crippen LogP contribution in [0.2, 0.25) is 0 Å². The number of nitrogens with two attached hydrogens (primary N) is 1. The Hall–Kier alpha value is -2.24. The SMILES string of the molecule is CN(C)c1cccc(C(=O)NC2(/C(N)=N/O)CCCC2)c1. The number of nitrogens with zero attached hydrogens (tertiary/aromatic N) is 2. The second-order valence-electron chi connectivity index (χ2n) is 5.67. The summed E-state index contributed by atoms with van der Waals surface area (Å²) >= 11 is 0. The maximum Gasteiger partial charge on any atom is 0.252 e. The van der Waals surface area contributed by atoms with Crippen molar-refractivity contribution in [3.05, 3.63) is 29.8 Å². The van der Waals surface area contributed by atoms with Gasteiger partial charge in [-0.1, -0.05) is 24.1 Å². The highest BCUT2D eigenvalue weighted by Gasteiger charge is 2.39. The zero-order valence-electron chi connectivity index (χ0n) is 12.5. The molecule has 0 bridgehead atoms. The molecule has 21 heavy (non-hydrogen) atoms. The third-order valence-corrected chi connectivity index (χ3v) is 4.03. The van der Waals surface area contributed by atoms with Crippen LogP contribution < -0.4 is 16.0 Å². The van der Waals surface area contributed by atoms with Gasteiger partial charge in [0, 0.05) is 25.3 Å². The van der Waals surface area contributed by atoms with Gasteiger partial charge in [-0.25, -0.2) is 0 Å². The minimum atomic E-state index is -0.722. The molecule has 0 aromatic heterocycles. The van der Waals surface area contributed by atoms with Gasteiger partial charge in [-0.3, -0.25) is 4.79 Å². The lowest BCUT2D eigenvalue weighted by atomic mass is 9.95. The number of carbonyl (C=O) groups is 1. The van der Waals surface area contributed by atoms with Crippen LogP contribution in [0.5, 0.6) is 0 Å². The topological polar surface area (TPSA) is 91.0 Å². The van der Waals surface area contributed by atoms with E-state index < -0.39 is 5.54 Å². The summed E-state index contributed by atoms with van der Waals surface area (Å²) in [4.78, 5) is 14.4. The Bertz CT molecular complexity index is 548. The minimum Gasteiger partial charge on any atom is -0.409 e. The molecule has 0 unspecified atom stereocenters. The van der Waals surface area contributed by atoms with Gasteiger partial charge in [-0.15, -0.1) is 0 Å². The van der Waals surface area contributed by atoms with E-state index in [0.717, 1.165) is 18.5 Å². The second-order valence-corrected chi connectivity index (χ2v) is 5.67. The summed E-state index contributed by atoms with van der Waals surface area (Å²) in [5.41, 5.74) is 6.59. The zero-order valence-corrected chi connectivity index (χ0v) is 12.5. The maximum absolute atomic E-state index is 12.5. The van der Waals surface area contributed by atoms with Gasteiger partial charge in [0.05, 0.1) is 0 Å². The van der Waals surface area contributed by atoms with Crippen molar-refractivity contribution in [3.8, 4) is 0 Å². The van der Waals surface area contributed by atoms with E-state index in [4.69, 9.17) is 10.9 Å². The highest BCUT2D eigenvalue weighted by Crippen LogP contribution is 2.30. The number of oxime groups is 1. The summed E-state index contributed by atoms with van der Waals surface area (Å²) in [5, 5.41) is 15.0. The van der Waals surface area contributed by atoms with Gasteiger partial charge in [-0.05, 0) is 31.0 Å². The predicted molar refractivity (Wildman–Crippen MR) is 82.8 cm³/mol. The predicted octanol–water partition coefficient (Wildman–Crippen LogP) is 1.54. The first-order valence-corrected chi connectivity index (χ1v) is 7.06. The summed E-state index contributed by atoms with van der Waals surface area (Å²) in [6.07, 6.45) is 3.30. The van der Waals surface area contributed by atoms with Crippen molar-refractivity contribution in [2.24, 2.45) is 10.9 Å². The normalized spacial score (nSPS) is 17.5. The van der Waals surface area contributed by atoms with Crippen molar-refractivity contribution in [1.29, 1.82) is 0 Å². The van der Waals surface area contributed by atoms with E-state index in [9.17, 15) is 4.79 Å². The third kappa shape index (κ3) is 3.09. The number of hydrogen-bond donors (Lipinski definition) is 3. The molecule has 4 N–H and O–H groups in total. The van der Waals surface area contributed by atoms with Gasteiger partial charge < -0.3 is 21.2 Å². The van der Waals surface area contributed by atoms with Crippen molar-refractivity contribution in [3.63, 3.8) is 0 Å². The van der Waals surface area contributed by atoms with Crippen molar-refractivity contribution in [2.45, 2.75) is 31.2 Å². The Balaban J connectivity index is 2.22. The van der Waals surface area contributed by atoms with Crippen LogP contribution in [0.1, 0.15) is 36.0 Å². The molecule has 1 aromatic carbocycles. The minimum absolute atomic E-state index is 0.0807. The monoisotopic (exact) mass is 290 g/mol. The van der Waals surface area contributed by atoms with E-state index in [1.807, 2.05) is 37.2 Å². The van der Waals surface area contributed by atoms with Gasteiger partial charge in [0.2, 0.25) is 0 Å². The first-order chi connectivity index (χ1) is 9.98. The van der Waals surface area contributed by atoms with E-state index >= 15 is 0 Å². The quantitative estimate of drug-likeness (QED) is 0.339. The molecule has 1 saturated carbocycles. The molecule has 1 amide bonds. The van der Waals surface area contributed by atoms with E-state index in [2.05, 4.69) is 10.5 Å². The number of amidine groups is 1. The average Bonchev–Trinajstić information content (AvgIpc) is 2.96. The molecule has 6 nitrogen and oxygen atoms in total. The molecule has 1 aliphatic carbocycles. The smallest absolute Gasteiger partial charge is 0.252 e. The molecule has 1 aromatic rings. The van der Waals surface area contributed by atoms with E-state index in [0.29, 0.717) is 18.4 Å². The lowest BCUT2D eigenvalue weighted by Gasteiger charge is -2.29. The molecule has 114 valence electrons. The Morgan fingerprint density at radius 3 is 2.62 bits per heavy atom. The molecule has 0 spiro atoms. The third-order valence-electron chi connectivity index (χ3n) is 4.03. The molecule has 1 fully saturated rings. The number of amides is 1. The van der Waals surface area contributed by atoms with Gasteiger partial charge in [0.25, 0.3) is 5.91 Å². The largest absolute Gasteiger partial charge is 0.409 e. The molecule has 0 aliphatic heterocycles. The fraction of sp³-hybridized carbons (Fsp3) is 0.467. The van der Waals surface area contributed by atoms with Gasteiger partial charge in [-0.2, -0.15) is 0 Å². The molecule has 2 rings (SSSR count). The average molecular weight is 290 g/mol. The van der Waals surface area contributed by atoms with Crippen molar-refractivity contribution in [1.82, 2.24) is 5.32 Å². The molecule has 0 atom stereocenters. The maximum atomic E-state index is 12.5. The van der Waals surface area contributed by atoms with Crippen molar-refractivity contribution >= 4 is 17.4 Å². The van der Waals surface area contributed by atoms with Gasteiger partial charge in [0.1, 0.15) is 5.54 Å². The Kier molecular flexibility index (Phi) is 4.35. The number of carbonyl (C=O) groups excluding carboxylic acids is 1. The fourth-order valence-electron chi connectivity index (χ4n) is 2.73. The summed E-state index contributed by atoms with van der Waals surface area (Å²) in [6, 6.07) is 7.36. The van der Waals surface area contributed by atoms with Crippen LogP contribution in [0.25, 0.3) is 0 Å². The highest BCUT2D eigenvalue weighted by atomic mass is 16.4. The van der Waals surface area contributed by atoms with Crippen LogP contribution in [0.15, 0.2) is 29.4 Å². The van der Waals surface area contributed by atoms with E-state index in [-0.39, 0.29) is 11.7 Å². The molecule has 6 heteroatoms. The zero-order chi connectivity index (χ0) is 15.5. The first kappa shape index (κ1) is 15.2. The van der Waals surface area contributed by atoms with E-state index in [1.165, 1.54) is 0 Å². The molecular weight excluding hydrogens is 268 g/mol. The number of nitrogens with one attached hydrogen (secondary N) is 1. The Labute approximate surface area is 124 Å². The summed E-state index contributed by atoms with van der Waals surface area (Å²) < 4.78 is 0. The van der Waals surface area contributed by atoms with Crippen LogP contribution in [0, 0.1) is 0 Å². The number of hydrogen-bond acceptors (Lipinski definition) is 4. The Morgan fingerprint density at radius 2 is 2.05 bits per heavy atom. The number of rotatable bonds is 4. The van der Waals surface area contributed by atoms with Gasteiger partial charge >= 0.3 is 0 Å². The van der Waals surface area contributed by atoms with Crippen LogP contribution in [-0.2, 0) is 0 Å². The Morgan fingerprint density at radius 1 is 1.38 bits per heavy atom. The van der Waals surface area contributed by atoms with Crippen LogP contribution >= 0.6 is 0 Å². The second kappa shape index (κ2) is 6.03. The van der Waals surface area contributed by atoms with Crippen molar-refractivity contribution in [2.75, 3.05) is 19.0 Å². The molecular formula is C15H22N4O2. The number of benzene rings is 1. The van der Waals surface area contributed by atoms with Crippen LogP contribution in [0.4, 0.5) is 5.69 Å². The summed E-state index contributed by atoms with van der Waals surface area (Å²) in [5.74, 6) is -0.121. The summed E-state index contributed by atoms with van der Waals surface area (Å²) in [7, 11) is 3.85. The standard InChI is InChI=1S/C15H22N4O2/c1-19(2)12-7-5-6-11(10-12)13(20)17-15(14(16)18-21)8-3-4-9-15/h5-7,10,21H,3-4,8-9H2,1-2H3,(H2,16,18)(H,17,20). The number of anilines is 1. The molecule has 1 aliphatic rings.